The van der Waals surface area contributed by atoms with Crippen LogP contribution in [0.4, 0.5) is 10.1 Å². The molecule has 0 amide bonds. The zero-order chi connectivity index (χ0) is 21.3. The van der Waals surface area contributed by atoms with Crippen LogP contribution in [0.1, 0.15) is 15.9 Å². The third-order valence-corrected chi connectivity index (χ3v) is 6.36. The first-order chi connectivity index (χ1) is 13.6. The minimum absolute atomic E-state index is 0.0493. The molecule has 0 radical (unpaired) electrons. The molecule has 0 aromatic heterocycles. The number of anilines is 1. The monoisotopic (exact) mass is 453 g/mol. The second-order valence-electron chi connectivity index (χ2n) is 6.17. The lowest BCUT2D eigenvalue weighted by atomic mass is 10.0. The molecule has 3 aromatic carbocycles. The number of hydrogen-bond acceptors (Lipinski definition) is 3. The molecule has 0 fully saturated rings. The molecule has 0 aliphatic carbocycles. The van der Waals surface area contributed by atoms with E-state index in [-0.39, 0.29) is 26.2 Å². The first-order valence-corrected chi connectivity index (χ1v) is 10.4. The van der Waals surface area contributed by atoms with Crippen LogP contribution in [0.15, 0.2) is 59.5 Å². The van der Waals surface area contributed by atoms with Crippen molar-refractivity contribution in [1.29, 1.82) is 0 Å². The Morgan fingerprint density at radius 2 is 1.62 bits per heavy atom. The average molecular weight is 454 g/mol. The molecule has 0 spiro atoms. The number of carboxylic acid groups (broad SMARTS) is 1. The standard InChI is InChI=1S/C20H14Cl2FNO4S/c1-11-16(21)7-13(8-17(11)22)29(27,28)24-19-10-14(12-5-3-2-4-6-12)18(23)9-15(19)20(25)26/h2-10,24H,1H3,(H,25,26). The molecule has 0 aliphatic heterocycles. The Kier molecular flexibility index (Phi) is 5.84. The van der Waals surface area contributed by atoms with Crippen molar-refractivity contribution in [2.24, 2.45) is 0 Å². The lowest BCUT2D eigenvalue weighted by molar-refractivity contribution is 0.0697. The predicted molar refractivity (Wildman–Crippen MR) is 111 cm³/mol. The van der Waals surface area contributed by atoms with E-state index >= 15 is 0 Å². The third-order valence-electron chi connectivity index (χ3n) is 4.23. The van der Waals surface area contributed by atoms with Crippen molar-refractivity contribution in [2.75, 3.05) is 4.72 Å². The van der Waals surface area contributed by atoms with E-state index in [0.717, 1.165) is 12.1 Å². The number of hydrogen-bond donors (Lipinski definition) is 2. The van der Waals surface area contributed by atoms with Crippen LogP contribution in [-0.4, -0.2) is 19.5 Å². The molecule has 0 aliphatic rings. The Bertz CT molecular complexity index is 1190. The number of sulfonamides is 1. The Morgan fingerprint density at radius 3 is 2.17 bits per heavy atom. The van der Waals surface area contributed by atoms with Gasteiger partial charge in [0.25, 0.3) is 10.0 Å². The van der Waals surface area contributed by atoms with Crippen molar-refractivity contribution in [3.05, 3.63) is 81.6 Å². The van der Waals surface area contributed by atoms with E-state index in [4.69, 9.17) is 23.2 Å². The van der Waals surface area contributed by atoms with Gasteiger partial charge in [-0.2, -0.15) is 0 Å². The molecule has 3 rings (SSSR count). The minimum atomic E-state index is -4.25. The van der Waals surface area contributed by atoms with E-state index in [2.05, 4.69) is 4.72 Å². The Balaban J connectivity index is 2.13. The van der Waals surface area contributed by atoms with Crippen molar-refractivity contribution < 1.29 is 22.7 Å². The van der Waals surface area contributed by atoms with Gasteiger partial charge in [0.1, 0.15) is 5.82 Å². The van der Waals surface area contributed by atoms with E-state index in [1.807, 2.05) is 0 Å². The Hall–Kier alpha value is -2.61. The van der Waals surface area contributed by atoms with Gasteiger partial charge in [-0.1, -0.05) is 53.5 Å². The number of carboxylic acids is 1. The topological polar surface area (TPSA) is 83.5 Å². The summed E-state index contributed by atoms with van der Waals surface area (Å²) in [7, 11) is -4.25. The lowest BCUT2D eigenvalue weighted by Gasteiger charge is -2.14. The van der Waals surface area contributed by atoms with Crippen LogP contribution in [0, 0.1) is 12.7 Å². The van der Waals surface area contributed by atoms with Crippen molar-refractivity contribution in [3.8, 4) is 11.1 Å². The second kappa shape index (κ2) is 8.02. The van der Waals surface area contributed by atoms with Crippen LogP contribution < -0.4 is 4.72 Å². The fourth-order valence-electron chi connectivity index (χ4n) is 2.65. The highest BCUT2D eigenvalue weighted by Gasteiger charge is 2.23. The van der Waals surface area contributed by atoms with E-state index in [1.165, 1.54) is 12.1 Å². The van der Waals surface area contributed by atoms with Gasteiger partial charge in [0.05, 0.1) is 16.1 Å². The molecule has 5 nitrogen and oxygen atoms in total. The van der Waals surface area contributed by atoms with Crippen LogP contribution in [-0.2, 0) is 10.0 Å². The van der Waals surface area contributed by atoms with Crippen LogP contribution in [0.25, 0.3) is 11.1 Å². The highest BCUT2D eigenvalue weighted by molar-refractivity contribution is 7.92. The Labute approximate surface area is 176 Å². The van der Waals surface area contributed by atoms with Gasteiger partial charge in [0.15, 0.2) is 0 Å². The average Bonchev–Trinajstić information content (AvgIpc) is 2.67. The van der Waals surface area contributed by atoms with E-state index < -0.39 is 27.4 Å². The molecule has 3 aromatic rings. The van der Waals surface area contributed by atoms with Gasteiger partial charge < -0.3 is 5.11 Å². The molecule has 150 valence electrons. The summed E-state index contributed by atoms with van der Waals surface area (Å²) in [5, 5.41) is 9.68. The number of rotatable bonds is 5. The van der Waals surface area contributed by atoms with Gasteiger partial charge in [0, 0.05) is 15.6 Å². The maximum atomic E-state index is 14.5. The summed E-state index contributed by atoms with van der Waals surface area (Å²) in [5.74, 6) is -2.28. The van der Waals surface area contributed by atoms with Crippen LogP contribution in [0.3, 0.4) is 0 Å². The van der Waals surface area contributed by atoms with Gasteiger partial charge in [-0.05, 0) is 42.3 Å². The molecule has 0 saturated carbocycles. The van der Waals surface area contributed by atoms with Gasteiger partial charge in [-0.15, -0.1) is 0 Å². The molecule has 0 bridgehead atoms. The van der Waals surface area contributed by atoms with E-state index in [1.54, 1.807) is 37.3 Å². The van der Waals surface area contributed by atoms with E-state index in [0.29, 0.717) is 11.1 Å². The summed E-state index contributed by atoms with van der Waals surface area (Å²) in [6.45, 7) is 1.63. The number of benzene rings is 3. The molecule has 0 unspecified atom stereocenters. The first kappa shape index (κ1) is 21.1. The summed E-state index contributed by atoms with van der Waals surface area (Å²) in [5.41, 5.74) is 0.198. The Morgan fingerprint density at radius 1 is 1.03 bits per heavy atom. The maximum absolute atomic E-state index is 14.5. The SMILES string of the molecule is Cc1c(Cl)cc(S(=O)(=O)Nc2cc(-c3ccccc3)c(F)cc2C(=O)O)cc1Cl. The molecule has 0 saturated heterocycles. The third kappa shape index (κ3) is 4.37. The number of nitrogens with one attached hydrogen (secondary N) is 1. The van der Waals surface area contributed by atoms with Crippen molar-refractivity contribution >= 4 is 44.9 Å². The van der Waals surface area contributed by atoms with Crippen molar-refractivity contribution in [3.63, 3.8) is 0 Å². The number of halogens is 3. The lowest BCUT2D eigenvalue weighted by Crippen LogP contribution is -2.16. The highest BCUT2D eigenvalue weighted by Crippen LogP contribution is 2.32. The first-order valence-electron chi connectivity index (χ1n) is 8.21. The van der Waals surface area contributed by atoms with Gasteiger partial charge in [0.2, 0.25) is 0 Å². The molecule has 9 heteroatoms. The smallest absolute Gasteiger partial charge is 0.337 e. The normalized spacial score (nSPS) is 11.3. The highest BCUT2D eigenvalue weighted by atomic mass is 35.5. The number of aromatic carboxylic acids is 1. The van der Waals surface area contributed by atoms with Crippen LogP contribution in [0.5, 0.6) is 0 Å². The van der Waals surface area contributed by atoms with Crippen LogP contribution in [0.2, 0.25) is 10.0 Å². The zero-order valence-corrected chi connectivity index (χ0v) is 17.2. The van der Waals surface area contributed by atoms with Crippen molar-refractivity contribution in [2.45, 2.75) is 11.8 Å². The largest absolute Gasteiger partial charge is 0.478 e. The maximum Gasteiger partial charge on any atom is 0.337 e. The fraction of sp³-hybridized carbons (Fsp3) is 0.0500. The van der Waals surface area contributed by atoms with Gasteiger partial charge >= 0.3 is 5.97 Å². The predicted octanol–water partition coefficient (Wildman–Crippen LogP) is 5.61. The summed E-state index contributed by atoms with van der Waals surface area (Å²) in [6, 6.07) is 12.7. The molecule has 2 N–H and O–H groups in total. The summed E-state index contributed by atoms with van der Waals surface area (Å²) >= 11 is 12.0. The molecule has 29 heavy (non-hydrogen) atoms. The summed E-state index contributed by atoms with van der Waals surface area (Å²) in [6.07, 6.45) is 0. The quantitative estimate of drug-likeness (QED) is 0.525. The second-order valence-corrected chi connectivity index (χ2v) is 8.66. The molecule has 0 heterocycles. The molecular weight excluding hydrogens is 440 g/mol. The fourth-order valence-corrected chi connectivity index (χ4v) is 4.39. The zero-order valence-electron chi connectivity index (χ0n) is 14.9. The van der Waals surface area contributed by atoms with Crippen molar-refractivity contribution in [1.82, 2.24) is 0 Å². The van der Waals surface area contributed by atoms with Gasteiger partial charge in [-0.3, -0.25) is 4.72 Å². The van der Waals surface area contributed by atoms with Gasteiger partial charge in [-0.25, -0.2) is 17.6 Å². The van der Waals surface area contributed by atoms with Crippen LogP contribution >= 0.6 is 23.2 Å². The number of carbonyl (C=O) groups is 1. The minimum Gasteiger partial charge on any atom is -0.478 e. The van der Waals surface area contributed by atoms with E-state index in [9.17, 15) is 22.7 Å². The summed E-state index contributed by atoms with van der Waals surface area (Å²) < 4.78 is 42.3. The summed E-state index contributed by atoms with van der Waals surface area (Å²) in [4.78, 5) is 11.3. The molecule has 0 atom stereocenters. The molecular formula is C20H14Cl2FNO4S.